The molecule has 2 N–H and O–H groups in total. The molecule has 0 aliphatic rings. The SMILES string of the molecule is CS(=O)(=O)CCNCc1csc(-c2ccc3c(Nc4ccc5c(cnn5Cc5ccccc5)c4)ncnc3c2)n1. The minimum Gasteiger partial charge on any atom is -0.340 e. The lowest BCUT2D eigenvalue weighted by atomic mass is 10.1. The number of thiazole rings is 1. The third-order valence-electron chi connectivity index (χ3n) is 6.47. The minimum atomic E-state index is -2.98. The molecule has 0 saturated carbocycles. The summed E-state index contributed by atoms with van der Waals surface area (Å²) in [5.74, 6) is 0.832. The van der Waals surface area contributed by atoms with Crippen LogP contribution in [0, 0.1) is 0 Å². The smallest absolute Gasteiger partial charge is 0.148 e. The number of nitrogens with zero attached hydrogens (tertiary/aromatic N) is 5. The van der Waals surface area contributed by atoms with E-state index in [2.05, 4.69) is 50.0 Å². The maximum absolute atomic E-state index is 11.3. The van der Waals surface area contributed by atoms with Crippen molar-refractivity contribution in [2.24, 2.45) is 0 Å². The lowest BCUT2D eigenvalue weighted by Crippen LogP contribution is -2.22. The molecule has 3 aromatic carbocycles. The molecule has 6 aromatic rings. The van der Waals surface area contributed by atoms with Gasteiger partial charge in [0.05, 0.1) is 35.2 Å². The van der Waals surface area contributed by atoms with E-state index in [0.717, 1.165) is 56.1 Å². The lowest BCUT2D eigenvalue weighted by Gasteiger charge is -2.10. The van der Waals surface area contributed by atoms with Crippen molar-refractivity contribution in [3.8, 4) is 10.6 Å². The molecular weight excluding hydrogens is 543 g/mol. The van der Waals surface area contributed by atoms with Gasteiger partial charge in [-0.3, -0.25) is 4.68 Å². The molecule has 0 aliphatic heterocycles. The first kappa shape index (κ1) is 26.1. The first-order valence-corrected chi connectivity index (χ1v) is 15.7. The highest BCUT2D eigenvalue weighted by Crippen LogP contribution is 2.30. The van der Waals surface area contributed by atoms with Crippen LogP contribution in [0.2, 0.25) is 0 Å². The molecule has 0 aliphatic carbocycles. The molecule has 9 nitrogen and oxygen atoms in total. The van der Waals surface area contributed by atoms with Crippen LogP contribution in [-0.4, -0.2) is 51.7 Å². The number of sulfone groups is 1. The predicted molar refractivity (Wildman–Crippen MR) is 161 cm³/mol. The molecule has 40 heavy (non-hydrogen) atoms. The van der Waals surface area contributed by atoms with E-state index in [4.69, 9.17) is 4.98 Å². The van der Waals surface area contributed by atoms with Crippen LogP contribution in [0.25, 0.3) is 32.4 Å². The van der Waals surface area contributed by atoms with E-state index in [1.165, 1.54) is 11.8 Å². The molecule has 0 amide bonds. The van der Waals surface area contributed by atoms with Crippen molar-refractivity contribution in [1.29, 1.82) is 0 Å². The molecule has 0 bridgehead atoms. The van der Waals surface area contributed by atoms with Crippen molar-refractivity contribution in [3.63, 3.8) is 0 Å². The molecule has 0 radical (unpaired) electrons. The molecule has 0 fully saturated rings. The van der Waals surface area contributed by atoms with Gasteiger partial charge in [-0.05, 0) is 35.9 Å². The van der Waals surface area contributed by atoms with Gasteiger partial charge in [0.25, 0.3) is 0 Å². The average molecular weight is 570 g/mol. The van der Waals surface area contributed by atoms with Gasteiger partial charge in [0, 0.05) is 46.7 Å². The Morgan fingerprint density at radius 1 is 1.00 bits per heavy atom. The van der Waals surface area contributed by atoms with Crippen LogP contribution in [0.1, 0.15) is 11.3 Å². The van der Waals surface area contributed by atoms with Gasteiger partial charge in [-0.2, -0.15) is 5.10 Å². The fourth-order valence-corrected chi connectivity index (χ4v) is 5.80. The van der Waals surface area contributed by atoms with E-state index < -0.39 is 9.84 Å². The van der Waals surface area contributed by atoms with Crippen molar-refractivity contribution in [2.75, 3.05) is 23.9 Å². The van der Waals surface area contributed by atoms with E-state index in [0.29, 0.717) is 13.1 Å². The number of hydrogen-bond donors (Lipinski definition) is 2. The number of fused-ring (bicyclic) bond motifs is 2. The standard InChI is InChI=1S/C29H27N7O2S2/c1-40(37,38)12-11-30-16-24-18-39-29(35-24)21-7-9-25-26(14-21)31-19-32-28(25)34-23-8-10-27-22(13-23)15-33-36(27)17-20-5-3-2-4-6-20/h2-10,13-15,18-19,30H,11-12,16-17H2,1H3,(H,31,32,34). The van der Waals surface area contributed by atoms with Crippen molar-refractivity contribution in [3.05, 3.63) is 95.9 Å². The van der Waals surface area contributed by atoms with Crippen molar-refractivity contribution >= 4 is 54.5 Å². The van der Waals surface area contributed by atoms with Crippen molar-refractivity contribution in [1.82, 2.24) is 30.0 Å². The summed E-state index contributed by atoms with van der Waals surface area (Å²) >= 11 is 1.55. The highest BCUT2D eigenvalue weighted by molar-refractivity contribution is 7.90. The molecule has 202 valence electrons. The average Bonchev–Trinajstić information content (AvgIpc) is 3.58. The highest BCUT2D eigenvalue weighted by Gasteiger charge is 2.11. The van der Waals surface area contributed by atoms with Crippen LogP contribution < -0.4 is 10.6 Å². The van der Waals surface area contributed by atoms with Crippen LogP contribution >= 0.6 is 11.3 Å². The zero-order chi connectivity index (χ0) is 27.5. The Kier molecular flexibility index (Phi) is 7.25. The minimum absolute atomic E-state index is 0.108. The Morgan fingerprint density at radius 3 is 2.73 bits per heavy atom. The summed E-state index contributed by atoms with van der Waals surface area (Å²) in [6.45, 7) is 1.64. The second-order valence-corrected chi connectivity index (χ2v) is 12.7. The normalized spacial score (nSPS) is 11.8. The van der Waals surface area contributed by atoms with Gasteiger partial charge in [0.15, 0.2) is 0 Å². The van der Waals surface area contributed by atoms with Crippen LogP contribution in [0.3, 0.4) is 0 Å². The quantitative estimate of drug-likeness (QED) is 0.221. The van der Waals surface area contributed by atoms with Gasteiger partial charge in [0.2, 0.25) is 0 Å². The number of rotatable bonds is 10. The van der Waals surface area contributed by atoms with E-state index in [9.17, 15) is 8.42 Å². The summed E-state index contributed by atoms with van der Waals surface area (Å²) in [6, 6.07) is 22.5. The summed E-state index contributed by atoms with van der Waals surface area (Å²) in [6.07, 6.45) is 4.68. The van der Waals surface area contributed by atoms with E-state index in [1.54, 1.807) is 17.7 Å². The number of nitrogens with one attached hydrogen (secondary N) is 2. The van der Waals surface area contributed by atoms with E-state index in [-0.39, 0.29) is 5.75 Å². The Balaban J connectivity index is 1.17. The van der Waals surface area contributed by atoms with Crippen LogP contribution in [-0.2, 0) is 22.9 Å². The monoisotopic (exact) mass is 569 g/mol. The van der Waals surface area contributed by atoms with Gasteiger partial charge in [-0.1, -0.05) is 36.4 Å². The summed E-state index contributed by atoms with van der Waals surface area (Å²) in [5, 5.41) is 16.0. The van der Waals surface area contributed by atoms with Crippen LogP contribution in [0.5, 0.6) is 0 Å². The molecule has 3 heterocycles. The zero-order valence-corrected chi connectivity index (χ0v) is 23.4. The summed E-state index contributed by atoms with van der Waals surface area (Å²) in [4.78, 5) is 13.7. The number of benzene rings is 3. The van der Waals surface area contributed by atoms with E-state index in [1.807, 2.05) is 58.7 Å². The lowest BCUT2D eigenvalue weighted by molar-refractivity contribution is 0.596. The molecule has 0 atom stereocenters. The van der Waals surface area contributed by atoms with Gasteiger partial charge >= 0.3 is 0 Å². The third-order valence-corrected chi connectivity index (χ3v) is 8.36. The van der Waals surface area contributed by atoms with Crippen molar-refractivity contribution < 1.29 is 8.42 Å². The summed E-state index contributed by atoms with van der Waals surface area (Å²) in [7, 11) is -2.98. The first-order chi connectivity index (χ1) is 19.4. The summed E-state index contributed by atoms with van der Waals surface area (Å²) < 4.78 is 24.6. The third kappa shape index (κ3) is 6.01. The second-order valence-electron chi connectivity index (χ2n) is 9.59. The second kappa shape index (κ2) is 11.1. The molecule has 0 unspecified atom stereocenters. The fraction of sp³-hybridized carbons (Fsp3) is 0.172. The van der Waals surface area contributed by atoms with Gasteiger partial charge in [0.1, 0.15) is 27.0 Å². The Bertz CT molecular complexity index is 1900. The molecule has 6 rings (SSSR count). The van der Waals surface area contributed by atoms with Crippen LogP contribution in [0.15, 0.2) is 84.6 Å². The van der Waals surface area contributed by atoms with Crippen LogP contribution in [0.4, 0.5) is 11.5 Å². The maximum Gasteiger partial charge on any atom is 0.148 e. The largest absolute Gasteiger partial charge is 0.340 e. The van der Waals surface area contributed by atoms with E-state index >= 15 is 0 Å². The number of anilines is 2. The highest BCUT2D eigenvalue weighted by atomic mass is 32.2. The van der Waals surface area contributed by atoms with Crippen molar-refractivity contribution in [2.45, 2.75) is 13.1 Å². The van der Waals surface area contributed by atoms with Gasteiger partial charge in [-0.25, -0.2) is 23.4 Å². The summed E-state index contributed by atoms with van der Waals surface area (Å²) in [5.41, 5.74) is 5.85. The zero-order valence-electron chi connectivity index (χ0n) is 21.8. The first-order valence-electron chi connectivity index (χ1n) is 12.8. The Hall–Kier alpha value is -4.19. The number of aromatic nitrogens is 5. The molecule has 11 heteroatoms. The Morgan fingerprint density at radius 2 is 1.88 bits per heavy atom. The van der Waals surface area contributed by atoms with Gasteiger partial charge < -0.3 is 10.6 Å². The maximum atomic E-state index is 11.3. The fourth-order valence-electron chi connectivity index (χ4n) is 4.47. The molecule has 0 spiro atoms. The molecule has 0 saturated heterocycles. The topological polar surface area (TPSA) is 115 Å². The Labute approximate surface area is 235 Å². The molecular formula is C29H27N7O2S2. The predicted octanol–water partition coefficient (Wildman–Crippen LogP) is 5.03. The number of hydrogen-bond acceptors (Lipinski definition) is 9. The van der Waals surface area contributed by atoms with Gasteiger partial charge in [-0.15, -0.1) is 11.3 Å². The molecule has 3 aromatic heterocycles.